The molecule has 12 heteroatoms. The Kier molecular flexibility index (Phi) is 6.93. The molecule has 1 fully saturated rings. The summed E-state index contributed by atoms with van der Waals surface area (Å²) in [6.45, 7) is 2.79. The fraction of sp³-hybridized carbons (Fsp3) is 0.450. The van der Waals surface area contributed by atoms with E-state index in [-0.39, 0.29) is 6.42 Å². The summed E-state index contributed by atoms with van der Waals surface area (Å²) >= 11 is 4.79. The van der Waals surface area contributed by atoms with E-state index in [9.17, 15) is 20.1 Å². The molecule has 10 nitrogen and oxygen atoms in total. The number of aliphatic hydroxyl groups is 2. The van der Waals surface area contributed by atoms with Crippen molar-refractivity contribution in [2.24, 2.45) is 5.92 Å². The third kappa shape index (κ3) is 4.58. The number of anilines is 1. The Balaban J connectivity index is 1.73. The maximum atomic E-state index is 11.5. The van der Waals surface area contributed by atoms with Crippen LogP contribution in [0.4, 0.5) is 5.82 Å². The van der Waals surface area contributed by atoms with E-state index in [1.807, 2.05) is 24.3 Å². The SMILES string of the molecule is CCCCNc1nc(Sc2ccc(Br)cc2)nc2c1nnn2[C@@H]1C[C@H](C(=O)O)[C@@H](O)[C@H]1O. The Hall–Kier alpha value is -2.28. The molecule has 0 unspecified atom stereocenters. The first-order chi connectivity index (χ1) is 15.4. The lowest BCUT2D eigenvalue weighted by Crippen LogP contribution is -2.32. The number of nitrogens with one attached hydrogen (secondary N) is 1. The largest absolute Gasteiger partial charge is 0.481 e. The number of fused-ring (bicyclic) bond motifs is 1. The van der Waals surface area contributed by atoms with Crippen LogP contribution in [0, 0.1) is 5.92 Å². The smallest absolute Gasteiger partial charge is 0.309 e. The molecule has 0 saturated heterocycles. The van der Waals surface area contributed by atoms with Crippen molar-refractivity contribution in [3.8, 4) is 0 Å². The average molecular weight is 523 g/mol. The van der Waals surface area contributed by atoms with E-state index in [1.54, 1.807) is 0 Å². The molecular formula is C20H23BrN6O4S. The highest BCUT2D eigenvalue weighted by molar-refractivity contribution is 9.10. The van der Waals surface area contributed by atoms with E-state index in [0.29, 0.717) is 28.7 Å². The molecule has 0 spiro atoms. The van der Waals surface area contributed by atoms with Gasteiger partial charge in [0, 0.05) is 15.9 Å². The number of halogens is 1. The molecule has 0 aliphatic heterocycles. The fourth-order valence-electron chi connectivity index (χ4n) is 3.69. The number of carboxylic acids is 1. The van der Waals surface area contributed by atoms with Crippen LogP contribution in [0.25, 0.3) is 11.2 Å². The van der Waals surface area contributed by atoms with Gasteiger partial charge in [-0.25, -0.2) is 14.6 Å². The molecule has 1 aliphatic rings. The van der Waals surface area contributed by atoms with Crippen molar-refractivity contribution in [1.82, 2.24) is 25.0 Å². The highest BCUT2D eigenvalue weighted by Crippen LogP contribution is 2.37. The van der Waals surface area contributed by atoms with Gasteiger partial charge < -0.3 is 20.6 Å². The average Bonchev–Trinajstić information content (AvgIpc) is 3.31. The van der Waals surface area contributed by atoms with E-state index >= 15 is 0 Å². The molecule has 0 amide bonds. The molecule has 2 heterocycles. The van der Waals surface area contributed by atoms with Crippen molar-refractivity contribution in [3.05, 3.63) is 28.7 Å². The summed E-state index contributed by atoms with van der Waals surface area (Å²) in [5.74, 6) is -1.72. The molecule has 1 aromatic carbocycles. The fourth-order valence-corrected chi connectivity index (χ4v) is 4.71. The first-order valence-electron chi connectivity index (χ1n) is 10.3. The summed E-state index contributed by atoms with van der Waals surface area (Å²) in [5, 5.41) is 42.2. The number of hydrogen-bond acceptors (Lipinski definition) is 9. The van der Waals surface area contributed by atoms with Crippen molar-refractivity contribution in [1.29, 1.82) is 0 Å². The minimum Gasteiger partial charge on any atom is -0.481 e. The van der Waals surface area contributed by atoms with Crippen LogP contribution >= 0.6 is 27.7 Å². The Morgan fingerprint density at radius 2 is 2.00 bits per heavy atom. The van der Waals surface area contributed by atoms with Gasteiger partial charge in [0.2, 0.25) is 0 Å². The Morgan fingerprint density at radius 3 is 2.66 bits per heavy atom. The molecule has 0 bridgehead atoms. The predicted octanol–water partition coefficient (Wildman–Crippen LogP) is 2.71. The van der Waals surface area contributed by atoms with Crippen molar-refractivity contribution >= 4 is 50.6 Å². The summed E-state index contributed by atoms with van der Waals surface area (Å²) in [5.41, 5.74) is 0.808. The van der Waals surface area contributed by atoms with Gasteiger partial charge in [-0.2, -0.15) is 0 Å². The molecular weight excluding hydrogens is 500 g/mol. The molecule has 170 valence electrons. The monoisotopic (exact) mass is 522 g/mol. The minimum atomic E-state index is -1.39. The Morgan fingerprint density at radius 1 is 1.25 bits per heavy atom. The van der Waals surface area contributed by atoms with Gasteiger partial charge in [0.15, 0.2) is 22.1 Å². The maximum Gasteiger partial charge on any atom is 0.309 e. The van der Waals surface area contributed by atoms with Crippen molar-refractivity contribution < 1.29 is 20.1 Å². The second-order valence-corrected chi connectivity index (χ2v) is 9.58. The topological polar surface area (TPSA) is 146 Å². The van der Waals surface area contributed by atoms with Crippen LogP contribution in [-0.2, 0) is 4.79 Å². The van der Waals surface area contributed by atoms with Crippen LogP contribution < -0.4 is 5.32 Å². The number of unbranched alkanes of at least 4 members (excludes halogenated alkanes) is 1. The van der Waals surface area contributed by atoms with Gasteiger partial charge in [0.05, 0.1) is 18.1 Å². The Labute approximate surface area is 196 Å². The number of benzene rings is 1. The van der Waals surface area contributed by atoms with Gasteiger partial charge >= 0.3 is 5.97 Å². The third-order valence-electron chi connectivity index (χ3n) is 5.43. The van der Waals surface area contributed by atoms with Crippen molar-refractivity contribution in [2.45, 2.75) is 54.5 Å². The van der Waals surface area contributed by atoms with Gasteiger partial charge in [0.1, 0.15) is 6.10 Å². The lowest BCUT2D eigenvalue weighted by Gasteiger charge is -2.16. The standard InChI is InChI=1S/C20H23BrN6O4S/c1-2-3-8-22-17-14-18(24-20(23-17)32-11-6-4-10(21)5-7-11)27(26-25-14)13-9-12(19(30)31)15(28)16(13)29/h4-7,12-13,15-16,28-29H,2-3,8-9H2,1H3,(H,30,31)(H,22,23,24)/t12-,13+,15+,16-/m0/s1. The van der Waals surface area contributed by atoms with E-state index < -0.39 is 30.1 Å². The van der Waals surface area contributed by atoms with E-state index in [0.717, 1.165) is 22.2 Å². The number of aliphatic hydroxyl groups excluding tert-OH is 2. The zero-order valence-electron chi connectivity index (χ0n) is 17.2. The summed E-state index contributed by atoms with van der Waals surface area (Å²) < 4.78 is 2.37. The van der Waals surface area contributed by atoms with Crippen LogP contribution in [-0.4, -0.2) is 65.0 Å². The van der Waals surface area contributed by atoms with Crippen LogP contribution in [0.3, 0.4) is 0 Å². The molecule has 4 rings (SSSR count). The quantitative estimate of drug-likeness (QED) is 0.257. The van der Waals surface area contributed by atoms with Crippen LogP contribution in [0.1, 0.15) is 32.2 Å². The molecule has 0 radical (unpaired) electrons. The van der Waals surface area contributed by atoms with Gasteiger partial charge in [-0.1, -0.05) is 34.5 Å². The molecule has 1 aliphatic carbocycles. The number of rotatable bonds is 8. The van der Waals surface area contributed by atoms with E-state index in [2.05, 4.69) is 48.5 Å². The number of aliphatic carboxylic acids is 1. The second kappa shape index (κ2) is 9.69. The zero-order valence-corrected chi connectivity index (χ0v) is 19.6. The molecule has 4 N–H and O–H groups in total. The summed E-state index contributed by atoms with van der Waals surface area (Å²) in [7, 11) is 0. The number of carboxylic acid groups (broad SMARTS) is 1. The normalized spacial score (nSPS) is 23.0. The first kappa shape index (κ1) is 22.9. The lowest BCUT2D eigenvalue weighted by atomic mass is 10.1. The number of carbonyl (C=O) groups is 1. The first-order valence-corrected chi connectivity index (χ1v) is 11.9. The zero-order chi connectivity index (χ0) is 22.8. The van der Waals surface area contributed by atoms with Crippen molar-refractivity contribution in [3.63, 3.8) is 0 Å². The Bertz CT molecular complexity index is 1110. The number of nitrogens with zero attached hydrogens (tertiary/aromatic N) is 5. The summed E-state index contributed by atoms with van der Waals surface area (Å²) in [4.78, 5) is 21.6. The minimum absolute atomic E-state index is 0.0217. The highest BCUT2D eigenvalue weighted by Gasteiger charge is 2.47. The highest BCUT2D eigenvalue weighted by atomic mass is 79.9. The molecule has 3 aromatic rings. The molecule has 32 heavy (non-hydrogen) atoms. The summed E-state index contributed by atoms with van der Waals surface area (Å²) in [6, 6.07) is 6.97. The molecule has 1 saturated carbocycles. The van der Waals surface area contributed by atoms with Gasteiger partial charge in [0.25, 0.3) is 0 Å². The molecule has 4 atom stereocenters. The van der Waals surface area contributed by atoms with Gasteiger partial charge in [-0.05, 0) is 48.9 Å². The van der Waals surface area contributed by atoms with Gasteiger partial charge in [-0.3, -0.25) is 4.79 Å². The van der Waals surface area contributed by atoms with Crippen LogP contribution in [0.2, 0.25) is 0 Å². The second-order valence-electron chi connectivity index (χ2n) is 7.63. The van der Waals surface area contributed by atoms with Crippen LogP contribution in [0.5, 0.6) is 0 Å². The maximum absolute atomic E-state index is 11.5. The van der Waals surface area contributed by atoms with E-state index in [4.69, 9.17) is 0 Å². The number of aromatic nitrogens is 5. The number of hydrogen-bond donors (Lipinski definition) is 4. The van der Waals surface area contributed by atoms with Crippen molar-refractivity contribution in [2.75, 3.05) is 11.9 Å². The third-order valence-corrected chi connectivity index (χ3v) is 6.83. The molecule has 2 aromatic heterocycles. The van der Waals surface area contributed by atoms with Crippen LogP contribution in [0.15, 0.2) is 38.8 Å². The lowest BCUT2D eigenvalue weighted by molar-refractivity contribution is -0.145. The van der Waals surface area contributed by atoms with E-state index in [1.165, 1.54) is 16.4 Å². The van der Waals surface area contributed by atoms with Gasteiger partial charge in [-0.15, -0.1) is 5.10 Å². The summed E-state index contributed by atoms with van der Waals surface area (Å²) in [6.07, 6.45) is -0.708. The predicted molar refractivity (Wildman–Crippen MR) is 122 cm³/mol.